The zero-order valence-corrected chi connectivity index (χ0v) is 17.0. The molecule has 0 saturated heterocycles. The summed E-state index contributed by atoms with van der Waals surface area (Å²) >= 11 is 0. The highest BCUT2D eigenvalue weighted by Crippen LogP contribution is 2.54. The molecule has 1 N–H and O–H groups in total. The lowest BCUT2D eigenvalue weighted by Crippen LogP contribution is -2.58. The zero-order valence-electron chi connectivity index (χ0n) is 17.0. The second-order valence-corrected chi connectivity index (χ2v) is 7.27. The first-order valence-electron chi connectivity index (χ1n) is 9.57. The molecule has 3 heterocycles. The molecule has 9 nitrogen and oxygen atoms in total. The van der Waals surface area contributed by atoms with Crippen LogP contribution in [0.1, 0.15) is 5.56 Å². The van der Waals surface area contributed by atoms with Gasteiger partial charge < -0.3 is 24.4 Å². The highest BCUT2D eigenvalue weighted by Gasteiger charge is 2.63. The first-order valence-corrected chi connectivity index (χ1v) is 9.57. The summed E-state index contributed by atoms with van der Waals surface area (Å²) in [6.45, 7) is 0. The van der Waals surface area contributed by atoms with Gasteiger partial charge in [0, 0.05) is 12.6 Å². The van der Waals surface area contributed by atoms with Crippen molar-refractivity contribution < 1.29 is 28.6 Å². The topological polar surface area (TPSA) is 97.4 Å². The van der Waals surface area contributed by atoms with E-state index in [2.05, 4.69) is 5.32 Å². The average molecular weight is 421 g/mol. The Bertz CT molecular complexity index is 1180. The maximum Gasteiger partial charge on any atom is 0.355 e. The van der Waals surface area contributed by atoms with Crippen molar-refractivity contribution in [2.24, 2.45) is 0 Å². The minimum absolute atomic E-state index is 0.110. The van der Waals surface area contributed by atoms with Gasteiger partial charge in [-0.05, 0) is 18.2 Å². The highest BCUT2D eigenvalue weighted by molar-refractivity contribution is 6.17. The SMILES string of the molecule is COC(=O)C1=C(C(=O)OC)C2(O[C@H]3Nc4ccccc4N13)C(=O)N(C)c1ccccc12. The van der Waals surface area contributed by atoms with Gasteiger partial charge in [0.25, 0.3) is 5.91 Å². The average Bonchev–Trinajstić information content (AvgIpc) is 3.27. The van der Waals surface area contributed by atoms with Crippen LogP contribution in [0, 0.1) is 0 Å². The molecule has 3 aliphatic rings. The summed E-state index contributed by atoms with van der Waals surface area (Å²) in [6.07, 6.45) is -0.927. The number of nitrogens with zero attached hydrogens (tertiary/aromatic N) is 2. The van der Waals surface area contributed by atoms with Crippen molar-refractivity contribution in [1.29, 1.82) is 0 Å². The Kier molecular flexibility index (Phi) is 4.06. The summed E-state index contributed by atoms with van der Waals surface area (Å²) in [5.41, 5.74) is 0.0974. The summed E-state index contributed by atoms with van der Waals surface area (Å²) in [5.74, 6) is -2.15. The van der Waals surface area contributed by atoms with Crippen molar-refractivity contribution in [3.8, 4) is 0 Å². The number of methoxy groups -OCH3 is 2. The molecule has 2 aromatic rings. The Labute approximate surface area is 177 Å². The van der Waals surface area contributed by atoms with E-state index in [0.717, 1.165) is 0 Å². The number of hydrogen-bond acceptors (Lipinski definition) is 8. The molecule has 1 amide bonds. The summed E-state index contributed by atoms with van der Waals surface area (Å²) in [4.78, 5) is 42.8. The van der Waals surface area contributed by atoms with E-state index < -0.39 is 29.8 Å². The lowest BCUT2D eigenvalue weighted by atomic mass is 9.83. The van der Waals surface area contributed by atoms with Crippen molar-refractivity contribution in [3.63, 3.8) is 0 Å². The maximum absolute atomic E-state index is 13.6. The number of fused-ring (bicyclic) bond motifs is 5. The number of hydrogen-bond donors (Lipinski definition) is 1. The van der Waals surface area contributed by atoms with E-state index in [1.165, 1.54) is 24.0 Å². The van der Waals surface area contributed by atoms with E-state index in [1.54, 1.807) is 43.4 Å². The standard InChI is InChI=1S/C22H19N3O6/c1-24-14-10-6-4-8-12(14)22(20(24)28)16(18(26)29-2)17(19(27)30-3)25-15-11-7-5-9-13(15)23-21(25)31-22/h4-11,21,23H,1-3H3/t21-,22?/m0/s1. The molecule has 2 atom stereocenters. The largest absolute Gasteiger partial charge is 0.465 e. The Morgan fingerprint density at radius 1 is 1.00 bits per heavy atom. The molecule has 2 aromatic carbocycles. The lowest BCUT2D eigenvalue weighted by molar-refractivity contribution is -0.156. The second kappa shape index (κ2) is 6.58. The van der Waals surface area contributed by atoms with Gasteiger partial charge >= 0.3 is 11.9 Å². The van der Waals surface area contributed by atoms with Gasteiger partial charge in [-0.1, -0.05) is 30.3 Å². The summed E-state index contributed by atoms with van der Waals surface area (Å²) in [6, 6.07) is 14.2. The summed E-state index contributed by atoms with van der Waals surface area (Å²) < 4.78 is 16.4. The molecule has 0 aromatic heterocycles. The molecule has 31 heavy (non-hydrogen) atoms. The Morgan fingerprint density at radius 3 is 2.35 bits per heavy atom. The molecular weight excluding hydrogens is 402 g/mol. The van der Waals surface area contributed by atoms with Crippen LogP contribution in [-0.4, -0.2) is 45.5 Å². The van der Waals surface area contributed by atoms with Gasteiger partial charge in [0.2, 0.25) is 12.0 Å². The molecule has 1 spiro atoms. The van der Waals surface area contributed by atoms with Crippen molar-refractivity contribution in [2.75, 3.05) is 36.4 Å². The predicted molar refractivity (Wildman–Crippen MR) is 110 cm³/mol. The molecule has 3 aliphatic heterocycles. The molecule has 0 fully saturated rings. The first kappa shape index (κ1) is 19.1. The molecule has 9 heteroatoms. The minimum Gasteiger partial charge on any atom is -0.465 e. The van der Waals surface area contributed by atoms with Crippen LogP contribution in [-0.2, 0) is 34.2 Å². The third-order valence-corrected chi connectivity index (χ3v) is 5.81. The number of benzene rings is 2. The minimum atomic E-state index is -1.88. The molecule has 0 saturated carbocycles. The molecular formula is C22H19N3O6. The van der Waals surface area contributed by atoms with E-state index in [0.29, 0.717) is 22.6 Å². The third-order valence-electron chi connectivity index (χ3n) is 5.81. The van der Waals surface area contributed by atoms with E-state index in [1.807, 2.05) is 12.1 Å². The normalized spacial score (nSPS) is 23.3. The quantitative estimate of drug-likeness (QED) is 0.732. The van der Waals surface area contributed by atoms with Gasteiger partial charge in [-0.2, -0.15) is 0 Å². The second-order valence-electron chi connectivity index (χ2n) is 7.27. The number of likely N-dealkylation sites (N-methyl/N-ethyl adjacent to an activating group) is 1. The van der Waals surface area contributed by atoms with Crippen molar-refractivity contribution in [2.45, 2.75) is 12.0 Å². The van der Waals surface area contributed by atoms with Crippen LogP contribution in [0.5, 0.6) is 0 Å². The Morgan fingerprint density at radius 2 is 1.65 bits per heavy atom. The van der Waals surface area contributed by atoms with Crippen LogP contribution < -0.4 is 15.1 Å². The van der Waals surface area contributed by atoms with E-state index in [-0.39, 0.29) is 11.3 Å². The van der Waals surface area contributed by atoms with Crippen LogP contribution in [0.4, 0.5) is 17.1 Å². The fraction of sp³-hybridized carbons (Fsp3) is 0.227. The molecule has 0 radical (unpaired) electrons. The van der Waals surface area contributed by atoms with Gasteiger partial charge in [-0.15, -0.1) is 0 Å². The maximum atomic E-state index is 13.6. The third kappa shape index (κ3) is 2.32. The van der Waals surface area contributed by atoms with Gasteiger partial charge in [0.1, 0.15) is 11.3 Å². The zero-order chi connectivity index (χ0) is 21.9. The van der Waals surface area contributed by atoms with Gasteiger partial charge in [0.05, 0.1) is 31.3 Å². The van der Waals surface area contributed by atoms with E-state index >= 15 is 0 Å². The number of nitrogens with one attached hydrogen (secondary N) is 1. The molecule has 158 valence electrons. The van der Waals surface area contributed by atoms with Crippen LogP contribution in [0.3, 0.4) is 0 Å². The first-order chi connectivity index (χ1) is 15.0. The number of para-hydroxylation sites is 3. The number of carbonyl (C=O) groups excluding carboxylic acids is 3. The van der Waals surface area contributed by atoms with Gasteiger partial charge in [-0.3, -0.25) is 9.69 Å². The monoisotopic (exact) mass is 421 g/mol. The summed E-state index contributed by atoms with van der Waals surface area (Å²) in [5, 5.41) is 3.18. The number of anilines is 3. The fourth-order valence-corrected chi connectivity index (χ4v) is 4.48. The highest BCUT2D eigenvalue weighted by atomic mass is 16.6. The van der Waals surface area contributed by atoms with Crippen LogP contribution in [0.2, 0.25) is 0 Å². The molecule has 0 bridgehead atoms. The Balaban J connectivity index is 1.87. The Hall–Kier alpha value is -3.85. The number of rotatable bonds is 2. The predicted octanol–water partition coefficient (Wildman–Crippen LogP) is 1.70. The lowest BCUT2D eigenvalue weighted by Gasteiger charge is -2.42. The number of esters is 2. The van der Waals surface area contributed by atoms with E-state index in [9.17, 15) is 14.4 Å². The van der Waals surface area contributed by atoms with Crippen molar-refractivity contribution >= 4 is 34.9 Å². The number of amides is 1. The smallest absolute Gasteiger partial charge is 0.355 e. The van der Waals surface area contributed by atoms with Crippen LogP contribution >= 0.6 is 0 Å². The summed E-state index contributed by atoms with van der Waals surface area (Å²) in [7, 11) is 4.00. The molecule has 0 aliphatic carbocycles. The molecule has 5 rings (SSSR count). The van der Waals surface area contributed by atoms with Crippen LogP contribution in [0.15, 0.2) is 59.8 Å². The van der Waals surface area contributed by atoms with E-state index in [4.69, 9.17) is 14.2 Å². The van der Waals surface area contributed by atoms with Crippen LogP contribution in [0.25, 0.3) is 0 Å². The van der Waals surface area contributed by atoms with Crippen molar-refractivity contribution in [3.05, 3.63) is 65.4 Å². The number of carbonyl (C=O) groups is 3. The van der Waals surface area contributed by atoms with Gasteiger partial charge in [-0.25, -0.2) is 9.59 Å². The molecule has 1 unspecified atom stereocenters. The fourth-order valence-electron chi connectivity index (χ4n) is 4.48. The number of ether oxygens (including phenoxy) is 3. The van der Waals surface area contributed by atoms with Gasteiger partial charge in [0.15, 0.2) is 0 Å². The van der Waals surface area contributed by atoms with Crippen molar-refractivity contribution in [1.82, 2.24) is 0 Å².